The summed E-state index contributed by atoms with van der Waals surface area (Å²) in [5.74, 6) is 0.783. The molecule has 0 aliphatic carbocycles. The number of amides is 1. The molecule has 3 rings (SSSR count). The van der Waals surface area contributed by atoms with Gasteiger partial charge >= 0.3 is 0 Å². The van der Waals surface area contributed by atoms with Crippen LogP contribution in [0.3, 0.4) is 0 Å². The Morgan fingerprint density at radius 3 is 2.61 bits per heavy atom. The smallest absolute Gasteiger partial charge is 0.256 e. The highest BCUT2D eigenvalue weighted by Crippen LogP contribution is 2.16. The average molecular weight is 308 g/mol. The molecule has 0 spiro atoms. The van der Waals surface area contributed by atoms with E-state index in [-0.39, 0.29) is 5.91 Å². The quantitative estimate of drug-likeness (QED) is 0.773. The summed E-state index contributed by atoms with van der Waals surface area (Å²) in [7, 11) is 1.83. The van der Waals surface area contributed by atoms with Gasteiger partial charge in [-0.2, -0.15) is 5.10 Å². The van der Waals surface area contributed by atoms with Gasteiger partial charge in [-0.1, -0.05) is 6.07 Å². The van der Waals surface area contributed by atoms with Gasteiger partial charge in [0.05, 0.1) is 0 Å². The molecule has 0 aliphatic rings. The van der Waals surface area contributed by atoms with Crippen molar-refractivity contribution in [2.45, 2.75) is 6.92 Å². The molecule has 0 aliphatic heterocycles. The van der Waals surface area contributed by atoms with E-state index in [0.29, 0.717) is 17.3 Å². The van der Waals surface area contributed by atoms with E-state index in [1.807, 2.05) is 26.1 Å². The minimum absolute atomic E-state index is 0.222. The molecule has 23 heavy (non-hydrogen) atoms. The molecule has 1 aromatic carbocycles. The second-order valence-corrected chi connectivity index (χ2v) is 5.03. The molecule has 1 amide bonds. The van der Waals surface area contributed by atoms with Gasteiger partial charge in [0.15, 0.2) is 5.82 Å². The summed E-state index contributed by atoms with van der Waals surface area (Å²) in [6.45, 7) is 1.92. The van der Waals surface area contributed by atoms with Crippen LogP contribution in [-0.2, 0) is 7.05 Å². The van der Waals surface area contributed by atoms with E-state index in [4.69, 9.17) is 0 Å². The Bertz CT molecular complexity index is 808. The largest absolute Gasteiger partial charge is 0.324 e. The van der Waals surface area contributed by atoms with Crippen LogP contribution < -0.4 is 10.6 Å². The third-order valence-electron chi connectivity index (χ3n) is 3.30. The second kappa shape index (κ2) is 6.27. The van der Waals surface area contributed by atoms with Crippen LogP contribution in [0, 0.1) is 6.92 Å². The summed E-state index contributed by atoms with van der Waals surface area (Å²) in [6.07, 6.45) is 3.30. The van der Waals surface area contributed by atoms with E-state index in [1.54, 1.807) is 41.3 Å². The number of aryl methyl sites for hydroxylation is 2. The van der Waals surface area contributed by atoms with Crippen LogP contribution in [0.5, 0.6) is 0 Å². The SMILES string of the molecule is Cc1cc(NC(=O)c2cccc(Nc3ncccn3)c2)nn1C. The van der Waals surface area contributed by atoms with Crippen LogP contribution >= 0.6 is 0 Å². The number of hydrogen-bond donors (Lipinski definition) is 2. The lowest BCUT2D eigenvalue weighted by Gasteiger charge is -2.06. The lowest BCUT2D eigenvalue weighted by atomic mass is 10.2. The standard InChI is InChI=1S/C16H16N6O/c1-11-9-14(21-22(11)2)20-15(23)12-5-3-6-13(10-12)19-16-17-7-4-8-18-16/h3-10H,1-2H3,(H,17,18,19)(H,20,21,23). The summed E-state index contributed by atoms with van der Waals surface area (Å²) < 4.78 is 1.71. The Morgan fingerprint density at radius 2 is 1.91 bits per heavy atom. The fourth-order valence-corrected chi connectivity index (χ4v) is 2.04. The Hall–Kier alpha value is -3.22. The monoisotopic (exact) mass is 308 g/mol. The molecule has 2 N–H and O–H groups in total. The topological polar surface area (TPSA) is 84.7 Å². The molecule has 116 valence electrons. The van der Waals surface area contributed by atoms with E-state index in [1.165, 1.54) is 0 Å². The predicted molar refractivity (Wildman–Crippen MR) is 87.7 cm³/mol. The first kappa shape index (κ1) is 14.7. The maximum atomic E-state index is 12.3. The van der Waals surface area contributed by atoms with Crippen LogP contribution in [0.2, 0.25) is 0 Å². The number of anilines is 3. The number of nitrogens with zero attached hydrogens (tertiary/aromatic N) is 4. The molecule has 7 nitrogen and oxygen atoms in total. The highest BCUT2D eigenvalue weighted by molar-refractivity contribution is 6.04. The van der Waals surface area contributed by atoms with Gasteiger partial charge in [-0.05, 0) is 31.2 Å². The molecule has 0 bridgehead atoms. The van der Waals surface area contributed by atoms with Gasteiger partial charge in [0.1, 0.15) is 0 Å². The van der Waals surface area contributed by atoms with Crippen molar-refractivity contribution < 1.29 is 4.79 Å². The van der Waals surface area contributed by atoms with Crippen molar-refractivity contribution in [1.29, 1.82) is 0 Å². The molecule has 0 unspecified atom stereocenters. The number of nitrogens with one attached hydrogen (secondary N) is 2. The Balaban J connectivity index is 1.75. The number of aromatic nitrogens is 4. The lowest BCUT2D eigenvalue weighted by molar-refractivity contribution is 0.102. The van der Waals surface area contributed by atoms with Crippen LogP contribution in [0.1, 0.15) is 16.1 Å². The Kier molecular flexibility index (Phi) is 4.01. The number of carbonyl (C=O) groups excluding carboxylic acids is 1. The highest BCUT2D eigenvalue weighted by Gasteiger charge is 2.10. The van der Waals surface area contributed by atoms with Crippen molar-refractivity contribution in [2.75, 3.05) is 10.6 Å². The highest BCUT2D eigenvalue weighted by atomic mass is 16.1. The molecular formula is C16H16N6O. The molecule has 2 aromatic heterocycles. The van der Waals surface area contributed by atoms with Crippen molar-refractivity contribution in [3.8, 4) is 0 Å². The fourth-order valence-electron chi connectivity index (χ4n) is 2.04. The Morgan fingerprint density at radius 1 is 1.13 bits per heavy atom. The van der Waals surface area contributed by atoms with Crippen LogP contribution in [-0.4, -0.2) is 25.7 Å². The van der Waals surface area contributed by atoms with E-state index in [2.05, 4.69) is 25.7 Å². The van der Waals surface area contributed by atoms with Gasteiger partial charge in [0, 0.05) is 42.5 Å². The van der Waals surface area contributed by atoms with Gasteiger partial charge in [-0.25, -0.2) is 9.97 Å². The maximum absolute atomic E-state index is 12.3. The predicted octanol–water partition coefficient (Wildman–Crippen LogP) is 2.51. The zero-order valence-corrected chi connectivity index (χ0v) is 12.8. The van der Waals surface area contributed by atoms with Crippen LogP contribution in [0.15, 0.2) is 48.8 Å². The van der Waals surface area contributed by atoms with E-state index >= 15 is 0 Å². The van der Waals surface area contributed by atoms with Crippen molar-refractivity contribution in [2.24, 2.45) is 7.05 Å². The van der Waals surface area contributed by atoms with E-state index < -0.39 is 0 Å². The van der Waals surface area contributed by atoms with Crippen LogP contribution in [0.25, 0.3) is 0 Å². The minimum Gasteiger partial charge on any atom is -0.324 e. The molecule has 0 saturated heterocycles. The average Bonchev–Trinajstić information content (AvgIpc) is 2.86. The van der Waals surface area contributed by atoms with E-state index in [9.17, 15) is 4.79 Å². The third-order valence-corrected chi connectivity index (χ3v) is 3.30. The molecule has 0 radical (unpaired) electrons. The third kappa shape index (κ3) is 3.52. The summed E-state index contributed by atoms with van der Waals surface area (Å²) in [6, 6.07) is 10.7. The first-order valence-corrected chi connectivity index (χ1v) is 7.08. The molecular weight excluding hydrogens is 292 g/mol. The molecule has 0 atom stereocenters. The van der Waals surface area contributed by atoms with Crippen molar-refractivity contribution >= 4 is 23.4 Å². The molecule has 2 heterocycles. The molecule has 7 heteroatoms. The lowest BCUT2D eigenvalue weighted by Crippen LogP contribution is -2.12. The van der Waals surface area contributed by atoms with Gasteiger partial charge in [-0.15, -0.1) is 0 Å². The first-order valence-electron chi connectivity index (χ1n) is 7.08. The van der Waals surface area contributed by atoms with E-state index in [0.717, 1.165) is 11.4 Å². The fraction of sp³-hybridized carbons (Fsp3) is 0.125. The zero-order valence-electron chi connectivity index (χ0n) is 12.8. The van der Waals surface area contributed by atoms with Gasteiger partial charge < -0.3 is 10.6 Å². The normalized spacial score (nSPS) is 10.3. The van der Waals surface area contributed by atoms with Gasteiger partial charge in [0.25, 0.3) is 5.91 Å². The van der Waals surface area contributed by atoms with Crippen molar-refractivity contribution in [1.82, 2.24) is 19.7 Å². The first-order chi connectivity index (χ1) is 11.1. The van der Waals surface area contributed by atoms with Crippen molar-refractivity contribution in [3.05, 3.63) is 60.0 Å². The summed E-state index contributed by atoms with van der Waals surface area (Å²) in [4.78, 5) is 20.5. The number of hydrogen-bond acceptors (Lipinski definition) is 5. The number of rotatable bonds is 4. The summed E-state index contributed by atoms with van der Waals surface area (Å²) in [5.41, 5.74) is 2.23. The number of carbonyl (C=O) groups is 1. The molecule has 0 saturated carbocycles. The molecule has 0 fully saturated rings. The van der Waals surface area contributed by atoms with Crippen molar-refractivity contribution in [3.63, 3.8) is 0 Å². The maximum Gasteiger partial charge on any atom is 0.256 e. The summed E-state index contributed by atoms with van der Waals surface area (Å²) >= 11 is 0. The number of benzene rings is 1. The van der Waals surface area contributed by atoms with Gasteiger partial charge in [-0.3, -0.25) is 9.48 Å². The Labute approximate surface area is 133 Å². The minimum atomic E-state index is -0.222. The van der Waals surface area contributed by atoms with Crippen LogP contribution in [0.4, 0.5) is 17.5 Å². The molecule has 3 aromatic rings. The van der Waals surface area contributed by atoms with Gasteiger partial charge in [0.2, 0.25) is 5.95 Å². The second-order valence-electron chi connectivity index (χ2n) is 5.03. The zero-order chi connectivity index (χ0) is 16.2. The summed E-state index contributed by atoms with van der Waals surface area (Å²) in [5, 5.41) is 10.1.